The molecule has 1 N–H and O–H groups in total. The van der Waals surface area contributed by atoms with E-state index in [0.29, 0.717) is 16.3 Å². The predicted molar refractivity (Wildman–Crippen MR) is 70.7 cm³/mol. The van der Waals surface area contributed by atoms with Gasteiger partial charge in [-0.05, 0) is 37.6 Å². The molecule has 5 heteroatoms. The SMILES string of the molecule is Cc1cc(C(=O)Nc2ccc(C#N)cn2)sc1C. The van der Waals surface area contributed by atoms with E-state index in [1.165, 1.54) is 17.5 Å². The Balaban J connectivity index is 2.13. The number of aryl methyl sites for hydroxylation is 2. The van der Waals surface area contributed by atoms with E-state index in [4.69, 9.17) is 5.26 Å². The van der Waals surface area contributed by atoms with Crippen molar-refractivity contribution in [3.63, 3.8) is 0 Å². The monoisotopic (exact) mass is 257 g/mol. The number of pyridine rings is 1. The third-order valence-corrected chi connectivity index (χ3v) is 3.68. The molecule has 2 aromatic rings. The Morgan fingerprint density at radius 1 is 1.44 bits per heavy atom. The van der Waals surface area contributed by atoms with E-state index in [-0.39, 0.29) is 5.91 Å². The molecule has 0 unspecified atom stereocenters. The lowest BCUT2D eigenvalue weighted by Crippen LogP contribution is -2.11. The lowest BCUT2D eigenvalue weighted by atomic mass is 10.3. The molecule has 90 valence electrons. The maximum Gasteiger partial charge on any atom is 0.266 e. The maximum absolute atomic E-state index is 11.9. The molecule has 0 fully saturated rings. The van der Waals surface area contributed by atoms with Crippen LogP contribution in [0.1, 0.15) is 25.7 Å². The van der Waals surface area contributed by atoms with Gasteiger partial charge in [-0.25, -0.2) is 4.98 Å². The molecule has 4 nitrogen and oxygen atoms in total. The van der Waals surface area contributed by atoms with Gasteiger partial charge >= 0.3 is 0 Å². The molecule has 2 heterocycles. The third kappa shape index (κ3) is 2.55. The van der Waals surface area contributed by atoms with Gasteiger partial charge in [0.1, 0.15) is 11.9 Å². The van der Waals surface area contributed by atoms with Gasteiger partial charge in [-0.1, -0.05) is 0 Å². The van der Waals surface area contributed by atoms with Crippen LogP contribution >= 0.6 is 11.3 Å². The summed E-state index contributed by atoms with van der Waals surface area (Å²) in [7, 11) is 0. The molecule has 0 spiro atoms. The first-order valence-electron chi connectivity index (χ1n) is 5.34. The molecule has 2 aromatic heterocycles. The second-order valence-electron chi connectivity index (χ2n) is 3.85. The van der Waals surface area contributed by atoms with Crippen molar-refractivity contribution in [2.45, 2.75) is 13.8 Å². The van der Waals surface area contributed by atoms with Crippen molar-refractivity contribution in [3.8, 4) is 6.07 Å². The number of nitrogens with zero attached hydrogens (tertiary/aromatic N) is 2. The van der Waals surface area contributed by atoms with Gasteiger partial charge in [-0.2, -0.15) is 5.26 Å². The first kappa shape index (κ1) is 12.3. The van der Waals surface area contributed by atoms with E-state index in [2.05, 4.69) is 10.3 Å². The quantitative estimate of drug-likeness (QED) is 0.899. The number of hydrogen-bond donors (Lipinski definition) is 1. The highest BCUT2D eigenvalue weighted by atomic mass is 32.1. The molecule has 0 aliphatic rings. The molecule has 0 aromatic carbocycles. The zero-order valence-electron chi connectivity index (χ0n) is 10.0. The molecule has 1 amide bonds. The fourth-order valence-electron chi connectivity index (χ4n) is 1.40. The van der Waals surface area contributed by atoms with Crippen LogP contribution < -0.4 is 5.32 Å². The van der Waals surface area contributed by atoms with Crippen molar-refractivity contribution < 1.29 is 4.79 Å². The Labute approximate surface area is 109 Å². The Morgan fingerprint density at radius 2 is 2.22 bits per heavy atom. The van der Waals surface area contributed by atoms with Gasteiger partial charge in [0, 0.05) is 11.1 Å². The van der Waals surface area contributed by atoms with Crippen LogP contribution in [0.2, 0.25) is 0 Å². The van der Waals surface area contributed by atoms with Crippen LogP contribution in [0.15, 0.2) is 24.4 Å². The van der Waals surface area contributed by atoms with Crippen molar-refractivity contribution in [2.24, 2.45) is 0 Å². The summed E-state index contributed by atoms with van der Waals surface area (Å²) in [5, 5.41) is 11.3. The number of carbonyl (C=O) groups excluding carboxylic acids is 1. The van der Waals surface area contributed by atoms with Crippen molar-refractivity contribution in [1.29, 1.82) is 5.26 Å². The second kappa shape index (κ2) is 4.98. The highest BCUT2D eigenvalue weighted by Crippen LogP contribution is 2.21. The summed E-state index contributed by atoms with van der Waals surface area (Å²) in [6.07, 6.45) is 1.43. The highest BCUT2D eigenvalue weighted by molar-refractivity contribution is 7.14. The predicted octanol–water partition coefficient (Wildman–Crippen LogP) is 2.88. The Bertz CT molecular complexity index is 603. The zero-order valence-corrected chi connectivity index (χ0v) is 10.8. The van der Waals surface area contributed by atoms with Crippen LogP contribution in [0, 0.1) is 25.2 Å². The standard InChI is InChI=1S/C13H11N3OS/c1-8-5-11(18-9(8)2)13(17)16-12-4-3-10(6-14)7-15-12/h3-5,7H,1-2H3,(H,15,16,17). The first-order valence-corrected chi connectivity index (χ1v) is 6.16. The average Bonchev–Trinajstić information content (AvgIpc) is 2.71. The summed E-state index contributed by atoms with van der Waals surface area (Å²) in [6.45, 7) is 3.96. The number of amides is 1. The van der Waals surface area contributed by atoms with Crippen LogP contribution in [-0.4, -0.2) is 10.9 Å². The molecule has 18 heavy (non-hydrogen) atoms. The second-order valence-corrected chi connectivity index (χ2v) is 5.10. The summed E-state index contributed by atoms with van der Waals surface area (Å²) >= 11 is 1.46. The number of nitrogens with one attached hydrogen (secondary N) is 1. The summed E-state index contributed by atoms with van der Waals surface area (Å²) in [4.78, 5) is 17.7. The van der Waals surface area contributed by atoms with Gasteiger partial charge < -0.3 is 5.32 Å². The van der Waals surface area contributed by atoms with Crippen molar-refractivity contribution >= 4 is 23.1 Å². The smallest absolute Gasteiger partial charge is 0.266 e. The molecule has 0 aliphatic carbocycles. The van der Waals surface area contributed by atoms with E-state index < -0.39 is 0 Å². The third-order valence-electron chi connectivity index (χ3n) is 2.52. The number of rotatable bonds is 2. The number of anilines is 1. The fraction of sp³-hybridized carbons (Fsp3) is 0.154. The molecular formula is C13H11N3OS. The number of nitriles is 1. The molecule has 2 rings (SSSR count). The average molecular weight is 257 g/mol. The Morgan fingerprint density at radius 3 is 2.72 bits per heavy atom. The summed E-state index contributed by atoms with van der Waals surface area (Å²) < 4.78 is 0. The minimum Gasteiger partial charge on any atom is -0.306 e. The van der Waals surface area contributed by atoms with E-state index in [0.717, 1.165) is 10.4 Å². The van der Waals surface area contributed by atoms with E-state index in [9.17, 15) is 4.79 Å². The Hall–Kier alpha value is -2.19. The van der Waals surface area contributed by atoms with Gasteiger partial charge in [-0.15, -0.1) is 11.3 Å². The van der Waals surface area contributed by atoms with E-state index in [1.807, 2.05) is 26.0 Å². The summed E-state index contributed by atoms with van der Waals surface area (Å²) in [5.74, 6) is 0.274. The molecule has 0 bridgehead atoms. The molecule has 0 aliphatic heterocycles. The molecule has 0 saturated heterocycles. The van der Waals surface area contributed by atoms with Gasteiger partial charge in [-0.3, -0.25) is 4.79 Å². The van der Waals surface area contributed by atoms with Crippen LogP contribution in [0.25, 0.3) is 0 Å². The molecule has 0 saturated carbocycles. The maximum atomic E-state index is 11.9. The largest absolute Gasteiger partial charge is 0.306 e. The summed E-state index contributed by atoms with van der Waals surface area (Å²) in [6, 6.07) is 7.07. The van der Waals surface area contributed by atoms with Crippen molar-refractivity contribution in [3.05, 3.63) is 45.3 Å². The van der Waals surface area contributed by atoms with Gasteiger partial charge in [0.2, 0.25) is 0 Å². The topological polar surface area (TPSA) is 65.8 Å². The lowest BCUT2D eigenvalue weighted by Gasteiger charge is -2.01. The normalized spacial score (nSPS) is 9.83. The lowest BCUT2D eigenvalue weighted by molar-refractivity contribution is 0.103. The minimum absolute atomic E-state index is 0.173. The van der Waals surface area contributed by atoms with Crippen molar-refractivity contribution in [1.82, 2.24) is 4.98 Å². The van der Waals surface area contributed by atoms with Crippen LogP contribution in [0.5, 0.6) is 0 Å². The van der Waals surface area contributed by atoms with Crippen LogP contribution in [-0.2, 0) is 0 Å². The number of carbonyl (C=O) groups is 1. The number of aromatic nitrogens is 1. The highest BCUT2D eigenvalue weighted by Gasteiger charge is 2.11. The first-order chi connectivity index (χ1) is 8.60. The zero-order chi connectivity index (χ0) is 13.1. The van der Waals surface area contributed by atoms with Crippen molar-refractivity contribution in [2.75, 3.05) is 5.32 Å². The minimum atomic E-state index is -0.173. The number of hydrogen-bond acceptors (Lipinski definition) is 4. The van der Waals surface area contributed by atoms with Crippen LogP contribution in [0.4, 0.5) is 5.82 Å². The molecule has 0 radical (unpaired) electrons. The summed E-state index contributed by atoms with van der Waals surface area (Å²) in [5.41, 5.74) is 1.58. The van der Waals surface area contributed by atoms with Gasteiger partial charge in [0.15, 0.2) is 0 Å². The Kier molecular flexibility index (Phi) is 3.40. The molecular weight excluding hydrogens is 246 g/mol. The molecule has 0 atom stereocenters. The van der Waals surface area contributed by atoms with E-state index in [1.54, 1.807) is 12.1 Å². The van der Waals surface area contributed by atoms with Crippen LogP contribution in [0.3, 0.4) is 0 Å². The fourth-order valence-corrected chi connectivity index (χ4v) is 2.33. The van der Waals surface area contributed by atoms with Gasteiger partial charge in [0.25, 0.3) is 5.91 Å². The van der Waals surface area contributed by atoms with Gasteiger partial charge in [0.05, 0.1) is 10.4 Å². The number of thiophene rings is 1. The van der Waals surface area contributed by atoms with E-state index >= 15 is 0 Å².